The quantitative estimate of drug-likeness (QED) is 0.590. The Kier molecular flexibility index (Phi) is 4.82. The van der Waals surface area contributed by atoms with Crippen LogP contribution in [0.2, 0.25) is 0 Å². The number of allylic oxidation sites excluding steroid dienone is 2. The summed E-state index contributed by atoms with van der Waals surface area (Å²) in [6, 6.07) is 20.2. The van der Waals surface area contributed by atoms with Crippen LogP contribution in [0.25, 0.3) is 0 Å². The molecule has 0 atom stereocenters. The molecule has 2 aromatic rings. The van der Waals surface area contributed by atoms with E-state index in [9.17, 15) is 0 Å². The van der Waals surface area contributed by atoms with E-state index < -0.39 is 0 Å². The topological polar surface area (TPSA) is 24.1 Å². The van der Waals surface area contributed by atoms with Crippen LogP contribution in [0.4, 0.5) is 11.4 Å². The second-order valence-corrected chi connectivity index (χ2v) is 4.12. The fourth-order valence-electron chi connectivity index (χ4n) is 1.75. The van der Waals surface area contributed by atoms with Gasteiger partial charge in [-0.05, 0) is 30.3 Å². The molecule has 0 heterocycles. The molecule has 2 N–H and O–H groups in total. The number of benzene rings is 2. The molecule has 0 fully saturated rings. The monoisotopic (exact) mass is 250 g/mol. The van der Waals surface area contributed by atoms with Crippen LogP contribution in [-0.4, -0.2) is 6.17 Å². The summed E-state index contributed by atoms with van der Waals surface area (Å²) >= 11 is 0. The maximum absolute atomic E-state index is 3.70. The Morgan fingerprint density at radius 1 is 0.789 bits per heavy atom. The molecule has 19 heavy (non-hydrogen) atoms. The maximum Gasteiger partial charge on any atom is 0.116 e. The Bertz CT molecular complexity index is 476. The predicted molar refractivity (Wildman–Crippen MR) is 83.3 cm³/mol. The molecule has 2 rings (SSSR count). The van der Waals surface area contributed by atoms with Crippen LogP contribution in [0.5, 0.6) is 0 Å². The summed E-state index contributed by atoms with van der Waals surface area (Å²) in [5.41, 5.74) is 2.15. The summed E-state index contributed by atoms with van der Waals surface area (Å²) in [6.07, 6.45) is 5.75. The Balaban J connectivity index is 2.08. The highest BCUT2D eigenvalue weighted by atomic mass is 15.1. The van der Waals surface area contributed by atoms with E-state index in [1.54, 1.807) is 6.08 Å². The lowest BCUT2D eigenvalue weighted by Gasteiger charge is -2.19. The lowest BCUT2D eigenvalue weighted by Crippen LogP contribution is -2.26. The molecule has 0 bridgehead atoms. The lowest BCUT2D eigenvalue weighted by atomic mass is 10.2. The Hall–Kier alpha value is -2.48. The average Bonchev–Trinajstić information content (AvgIpc) is 2.47. The van der Waals surface area contributed by atoms with Crippen molar-refractivity contribution in [3.05, 3.63) is 85.5 Å². The Labute approximate surface area is 114 Å². The fourth-order valence-corrected chi connectivity index (χ4v) is 1.75. The first-order valence-electron chi connectivity index (χ1n) is 6.31. The van der Waals surface area contributed by atoms with Crippen LogP contribution in [0.3, 0.4) is 0 Å². The molecule has 2 aromatic carbocycles. The van der Waals surface area contributed by atoms with E-state index in [-0.39, 0.29) is 6.17 Å². The number of rotatable bonds is 6. The number of hydrogen-bond acceptors (Lipinski definition) is 2. The molecule has 0 saturated heterocycles. The SMILES string of the molecule is C=C/C=C/C(Nc1ccccc1)Nc1ccccc1. The first kappa shape index (κ1) is 13.0. The molecule has 0 aliphatic heterocycles. The fraction of sp³-hybridized carbons (Fsp3) is 0.0588. The zero-order valence-corrected chi connectivity index (χ0v) is 10.8. The molecule has 0 amide bonds. The first-order chi connectivity index (χ1) is 9.38. The third-order valence-corrected chi connectivity index (χ3v) is 2.63. The van der Waals surface area contributed by atoms with Crippen LogP contribution in [0, 0.1) is 0 Å². The highest BCUT2D eigenvalue weighted by Crippen LogP contribution is 2.12. The van der Waals surface area contributed by atoms with Crippen molar-refractivity contribution in [1.82, 2.24) is 0 Å². The highest BCUT2D eigenvalue weighted by Gasteiger charge is 2.03. The second kappa shape index (κ2) is 7.07. The van der Waals surface area contributed by atoms with Gasteiger partial charge in [-0.2, -0.15) is 0 Å². The van der Waals surface area contributed by atoms with Gasteiger partial charge in [-0.25, -0.2) is 0 Å². The number of para-hydroxylation sites is 2. The van der Waals surface area contributed by atoms with Crippen molar-refractivity contribution < 1.29 is 0 Å². The second-order valence-electron chi connectivity index (χ2n) is 4.12. The van der Waals surface area contributed by atoms with Crippen molar-refractivity contribution in [1.29, 1.82) is 0 Å². The maximum atomic E-state index is 3.70. The van der Waals surface area contributed by atoms with E-state index >= 15 is 0 Å². The van der Waals surface area contributed by atoms with Crippen LogP contribution in [0.1, 0.15) is 0 Å². The van der Waals surface area contributed by atoms with Crippen LogP contribution >= 0.6 is 0 Å². The smallest absolute Gasteiger partial charge is 0.116 e. The van der Waals surface area contributed by atoms with Crippen LogP contribution in [0.15, 0.2) is 85.5 Å². The molecule has 0 spiro atoms. The van der Waals surface area contributed by atoms with E-state index in [1.165, 1.54) is 0 Å². The van der Waals surface area contributed by atoms with Crippen molar-refractivity contribution in [3.63, 3.8) is 0 Å². The van der Waals surface area contributed by atoms with Gasteiger partial charge in [0, 0.05) is 11.4 Å². The first-order valence-corrected chi connectivity index (χ1v) is 6.31. The van der Waals surface area contributed by atoms with Gasteiger partial charge in [-0.15, -0.1) is 0 Å². The zero-order valence-electron chi connectivity index (χ0n) is 10.8. The van der Waals surface area contributed by atoms with Gasteiger partial charge in [0.25, 0.3) is 0 Å². The highest BCUT2D eigenvalue weighted by molar-refractivity contribution is 5.50. The van der Waals surface area contributed by atoms with Gasteiger partial charge in [0.1, 0.15) is 6.17 Å². The molecular weight excluding hydrogens is 232 g/mol. The van der Waals surface area contributed by atoms with Crippen molar-refractivity contribution in [2.75, 3.05) is 10.6 Å². The molecule has 2 nitrogen and oxygen atoms in total. The summed E-state index contributed by atoms with van der Waals surface area (Å²) in [4.78, 5) is 0. The van der Waals surface area contributed by atoms with Crippen molar-refractivity contribution in [2.24, 2.45) is 0 Å². The van der Waals surface area contributed by atoms with E-state index in [1.807, 2.05) is 72.8 Å². The Morgan fingerprint density at radius 2 is 1.26 bits per heavy atom. The Morgan fingerprint density at radius 3 is 1.68 bits per heavy atom. The predicted octanol–water partition coefficient (Wildman–Crippen LogP) is 4.28. The van der Waals surface area contributed by atoms with E-state index in [0.717, 1.165) is 11.4 Å². The summed E-state index contributed by atoms with van der Waals surface area (Å²) in [6.45, 7) is 3.70. The zero-order chi connectivity index (χ0) is 13.3. The molecule has 0 aliphatic rings. The number of hydrogen-bond donors (Lipinski definition) is 2. The molecule has 96 valence electrons. The van der Waals surface area contributed by atoms with Gasteiger partial charge in [-0.3, -0.25) is 0 Å². The van der Waals surface area contributed by atoms with Crippen LogP contribution in [-0.2, 0) is 0 Å². The minimum absolute atomic E-state index is 0.0165. The van der Waals surface area contributed by atoms with Crippen LogP contribution < -0.4 is 10.6 Å². The molecule has 0 aromatic heterocycles. The minimum atomic E-state index is 0.0165. The normalized spacial score (nSPS) is 10.6. The minimum Gasteiger partial charge on any atom is -0.362 e. The summed E-state index contributed by atoms with van der Waals surface area (Å²) < 4.78 is 0. The third kappa shape index (κ3) is 4.36. The van der Waals surface area contributed by atoms with Crippen molar-refractivity contribution >= 4 is 11.4 Å². The summed E-state index contributed by atoms with van der Waals surface area (Å²) in [7, 11) is 0. The molecule has 0 unspecified atom stereocenters. The molecular formula is C17H18N2. The van der Waals surface area contributed by atoms with Gasteiger partial charge >= 0.3 is 0 Å². The summed E-state index contributed by atoms with van der Waals surface area (Å²) in [5.74, 6) is 0. The molecule has 2 heteroatoms. The third-order valence-electron chi connectivity index (χ3n) is 2.63. The van der Waals surface area contributed by atoms with E-state index in [4.69, 9.17) is 0 Å². The largest absolute Gasteiger partial charge is 0.362 e. The average molecular weight is 250 g/mol. The van der Waals surface area contributed by atoms with Gasteiger partial charge in [0.2, 0.25) is 0 Å². The van der Waals surface area contributed by atoms with Gasteiger partial charge in [0.15, 0.2) is 0 Å². The van der Waals surface area contributed by atoms with Gasteiger partial charge in [0.05, 0.1) is 0 Å². The van der Waals surface area contributed by atoms with E-state index in [2.05, 4.69) is 17.2 Å². The standard InChI is InChI=1S/C17H18N2/c1-2-3-14-17(18-15-10-6-4-7-11-15)19-16-12-8-5-9-13-16/h2-14,17-19H,1H2/b14-3+. The number of nitrogens with one attached hydrogen (secondary N) is 2. The van der Waals surface area contributed by atoms with Gasteiger partial charge in [-0.1, -0.05) is 55.1 Å². The molecule has 0 aliphatic carbocycles. The molecule has 0 radical (unpaired) electrons. The summed E-state index contributed by atoms with van der Waals surface area (Å²) in [5, 5.41) is 6.83. The number of anilines is 2. The molecule has 0 saturated carbocycles. The van der Waals surface area contributed by atoms with Gasteiger partial charge < -0.3 is 10.6 Å². The van der Waals surface area contributed by atoms with Crippen molar-refractivity contribution in [2.45, 2.75) is 6.17 Å². The lowest BCUT2D eigenvalue weighted by molar-refractivity contribution is 1.01. The van der Waals surface area contributed by atoms with E-state index in [0.29, 0.717) is 0 Å². The van der Waals surface area contributed by atoms with Crippen molar-refractivity contribution in [3.8, 4) is 0 Å².